The predicted molar refractivity (Wildman–Crippen MR) is 159 cm³/mol. The minimum atomic E-state index is -1.34. The van der Waals surface area contributed by atoms with Gasteiger partial charge in [0.1, 0.15) is 17.5 Å². The topological polar surface area (TPSA) is 135 Å². The summed E-state index contributed by atoms with van der Waals surface area (Å²) in [5.74, 6) is -0.878. The van der Waals surface area contributed by atoms with Gasteiger partial charge in [0.25, 0.3) is 0 Å². The van der Waals surface area contributed by atoms with Gasteiger partial charge in [0.15, 0.2) is 0 Å². The van der Waals surface area contributed by atoms with Gasteiger partial charge < -0.3 is 25.2 Å². The lowest BCUT2D eigenvalue weighted by molar-refractivity contribution is -0.0682. The summed E-state index contributed by atoms with van der Waals surface area (Å²) >= 11 is 0. The van der Waals surface area contributed by atoms with Crippen LogP contribution in [0, 0.1) is 28.9 Å². The lowest BCUT2D eigenvalue weighted by atomic mass is 9.85. The first-order valence-electron chi connectivity index (χ1n) is 14.8. The van der Waals surface area contributed by atoms with Gasteiger partial charge in [-0.2, -0.15) is 10.4 Å². The van der Waals surface area contributed by atoms with Crippen LogP contribution < -0.4 is 10.6 Å². The van der Waals surface area contributed by atoms with Gasteiger partial charge in [-0.3, -0.25) is 4.98 Å². The Morgan fingerprint density at radius 1 is 1.16 bits per heavy atom. The van der Waals surface area contributed by atoms with Gasteiger partial charge in [0.2, 0.25) is 0 Å². The molecule has 12 heteroatoms. The number of anilines is 1. The summed E-state index contributed by atoms with van der Waals surface area (Å²) in [6.45, 7) is 4.38. The first-order chi connectivity index (χ1) is 21.3. The Bertz CT molecular complexity index is 1650. The number of benzene rings is 1. The van der Waals surface area contributed by atoms with Gasteiger partial charge in [-0.15, -0.1) is 0 Å². The molecule has 5 heterocycles. The molecule has 44 heavy (non-hydrogen) atoms. The normalized spacial score (nSPS) is 21.8. The third kappa shape index (κ3) is 5.88. The summed E-state index contributed by atoms with van der Waals surface area (Å²) < 4.78 is 43.7. The smallest absolute Gasteiger partial charge is 0.136 e. The fourth-order valence-corrected chi connectivity index (χ4v) is 6.34. The molecular formula is C32H35F2N7O3. The van der Waals surface area contributed by atoms with Gasteiger partial charge in [0.05, 0.1) is 53.8 Å². The Hall–Kier alpha value is -4.02. The van der Waals surface area contributed by atoms with Crippen LogP contribution in [-0.2, 0) is 21.5 Å². The Morgan fingerprint density at radius 3 is 2.66 bits per heavy atom. The Kier molecular flexibility index (Phi) is 8.55. The van der Waals surface area contributed by atoms with Gasteiger partial charge in [-0.25, -0.2) is 18.3 Å². The number of hydrogen-bond donors (Lipinski definition) is 2. The summed E-state index contributed by atoms with van der Waals surface area (Å²) in [6, 6.07) is 9.47. The standard InChI is InChI=1S/C32H35F2N7O3/c1-20-18-40(19-26(36)31(20)44-10-2-8-35)28-5-9-37-16-21(28)13-29-38-17-23-3-4-27(39-41(23)29)30-24(33)14-22(15-25(30)34)32(42)6-11-43-12-7-32/h3-5,9,14-17,20,26,31,42H,2,6-7,10-13,18-19,36H2,1H3/t20-,26+,31-/m0/s1. The molecule has 10 nitrogen and oxygen atoms in total. The van der Waals surface area contributed by atoms with Crippen molar-refractivity contribution in [3.05, 3.63) is 77.5 Å². The van der Waals surface area contributed by atoms with E-state index in [1.54, 1.807) is 35.2 Å². The number of pyridine rings is 1. The highest BCUT2D eigenvalue weighted by Crippen LogP contribution is 2.36. The molecule has 4 aromatic rings. The molecule has 2 saturated heterocycles. The van der Waals surface area contributed by atoms with Crippen LogP contribution in [0.15, 0.2) is 48.9 Å². The number of imidazole rings is 1. The molecule has 0 radical (unpaired) electrons. The largest absolute Gasteiger partial charge is 0.385 e. The van der Waals surface area contributed by atoms with Gasteiger partial charge in [0, 0.05) is 81.2 Å². The lowest BCUT2D eigenvalue weighted by Gasteiger charge is -2.42. The maximum Gasteiger partial charge on any atom is 0.136 e. The fourth-order valence-electron chi connectivity index (χ4n) is 6.34. The molecule has 0 spiro atoms. The summed E-state index contributed by atoms with van der Waals surface area (Å²) in [5.41, 5.74) is 7.77. The molecule has 0 unspecified atom stereocenters. The minimum Gasteiger partial charge on any atom is -0.385 e. The number of hydrogen-bond acceptors (Lipinski definition) is 9. The van der Waals surface area contributed by atoms with Crippen molar-refractivity contribution in [1.82, 2.24) is 19.6 Å². The van der Waals surface area contributed by atoms with Crippen LogP contribution >= 0.6 is 0 Å². The predicted octanol–water partition coefficient (Wildman–Crippen LogP) is 3.74. The number of nitriles is 1. The molecule has 2 fully saturated rings. The molecule has 3 N–H and O–H groups in total. The van der Waals surface area contributed by atoms with Crippen LogP contribution in [0.1, 0.15) is 43.1 Å². The van der Waals surface area contributed by atoms with Gasteiger partial charge >= 0.3 is 0 Å². The maximum atomic E-state index is 15.4. The number of rotatable bonds is 8. The van der Waals surface area contributed by atoms with E-state index >= 15 is 8.78 Å². The number of nitrogens with two attached hydrogens (primary N) is 1. The van der Waals surface area contributed by atoms with E-state index in [1.165, 1.54) is 12.1 Å². The molecule has 1 aromatic carbocycles. The van der Waals surface area contributed by atoms with E-state index in [1.807, 2.05) is 6.07 Å². The molecule has 3 aromatic heterocycles. The van der Waals surface area contributed by atoms with Crippen molar-refractivity contribution in [3.63, 3.8) is 0 Å². The first-order valence-corrected chi connectivity index (χ1v) is 14.8. The SMILES string of the molecule is C[C@H]1CN(c2ccncc2Cc2ncc3ccc(-c4c(F)cc(C5(O)CCOCC5)cc4F)nn23)C[C@@H](N)[C@H]1OCCC#N. The quantitative estimate of drug-likeness (QED) is 0.289. The Balaban J connectivity index is 1.27. The second-order valence-electron chi connectivity index (χ2n) is 11.7. The number of fused-ring (bicyclic) bond motifs is 1. The number of nitrogens with zero attached hydrogens (tertiary/aromatic N) is 6. The van der Waals surface area contributed by atoms with Crippen LogP contribution in [-0.4, -0.2) is 69.7 Å². The van der Waals surface area contributed by atoms with E-state index in [9.17, 15) is 5.11 Å². The van der Waals surface area contributed by atoms with Crippen LogP contribution in [0.5, 0.6) is 0 Å². The van der Waals surface area contributed by atoms with Crippen LogP contribution in [0.25, 0.3) is 16.8 Å². The molecule has 3 atom stereocenters. The molecule has 0 saturated carbocycles. The monoisotopic (exact) mass is 603 g/mol. The molecule has 230 valence electrons. The Labute approximate surface area is 254 Å². The van der Waals surface area contributed by atoms with Crippen molar-refractivity contribution in [3.8, 4) is 17.3 Å². The highest BCUT2D eigenvalue weighted by Gasteiger charge is 2.35. The zero-order valence-electron chi connectivity index (χ0n) is 24.5. The zero-order valence-corrected chi connectivity index (χ0v) is 24.5. The zero-order chi connectivity index (χ0) is 30.8. The number of aromatic nitrogens is 4. The van der Waals surface area contributed by atoms with E-state index in [2.05, 4.69) is 33.0 Å². The molecule has 0 aliphatic carbocycles. The highest BCUT2D eigenvalue weighted by atomic mass is 19.1. The lowest BCUT2D eigenvalue weighted by Crippen LogP contribution is -2.57. The molecule has 0 bridgehead atoms. The average molecular weight is 604 g/mol. The molecular weight excluding hydrogens is 568 g/mol. The first kappa shape index (κ1) is 30.0. The van der Waals surface area contributed by atoms with E-state index in [0.29, 0.717) is 57.1 Å². The van der Waals surface area contributed by atoms with E-state index in [0.717, 1.165) is 11.3 Å². The third-order valence-corrected chi connectivity index (χ3v) is 8.62. The Morgan fingerprint density at radius 2 is 1.93 bits per heavy atom. The van der Waals surface area contributed by atoms with Crippen LogP contribution in [0.3, 0.4) is 0 Å². The van der Waals surface area contributed by atoms with Crippen LogP contribution in [0.2, 0.25) is 0 Å². The third-order valence-electron chi connectivity index (χ3n) is 8.62. The second-order valence-corrected chi connectivity index (χ2v) is 11.7. The van der Waals surface area contributed by atoms with Crippen molar-refractivity contribution in [2.75, 3.05) is 37.8 Å². The van der Waals surface area contributed by atoms with Gasteiger partial charge in [-0.1, -0.05) is 6.92 Å². The molecule has 6 rings (SSSR count). The van der Waals surface area contributed by atoms with Crippen molar-refractivity contribution in [1.29, 1.82) is 5.26 Å². The molecule has 0 amide bonds. The van der Waals surface area contributed by atoms with E-state index in [4.69, 9.17) is 20.5 Å². The van der Waals surface area contributed by atoms with Crippen molar-refractivity contribution < 1.29 is 23.4 Å². The van der Waals surface area contributed by atoms with Crippen molar-refractivity contribution in [2.45, 2.75) is 50.4 Å². The van der Waals surface area contributed by atoms with Crippen molar-refractivity contribution >= 4 is 11.2 Å². The maximum absolute atomic E-state index is 15.4. The second kappa shape index (κ2) is 12.5. The number of aliphatic hydroxyl groups is 1. The summed E-state index contributed by atoms with van der Waals surface area (Å²) in [6.07, 6.45) is 6.27. The molecule has 2 aliphatic rings. The fraction of sp³-hybridized carbons (Fsp3) is 0.438. The average Bonchev–Trinajstić information content (AvgIpc) is 3.40. The van der Waals surface area contributed by atoms with Crippen LogP contribution in [0.4, 0.5) is 14.5 Å². The van der Waals surface area contributed by atoms with Gasteiger partial charge in [-0.05, 0) is 35.9 Å². The molecule has 2 aliphatic heterocycles. The number of ether oxygens (including phenoxy) is 2. The van der Waals surface area contributed by atoms with Crippen molar-refractivity contribution in [2.24, 2.45) is 11.7 Å². The van der Waals surface area contributed by atoms with E-state index in [-0.39, 0.29) is 47.7 Å². The number of piperidine rings is 1. The minimum absolute atomic E-state index is 0.113. The summed E-state index contributed by atoms with van der Waals surface area (Å²) in [5, 5.41) is 24.4. The summed E-state index contributed by atoms with van der Waals surface area (Å²) in [7, 11) is 0. The highest BCUT2D eigenvalue weighted by molar-refractivity contribution is 5.64. The summed E-state index contributed by atoms with van der Waals surface area (Å²) in [4.78, 5) is 11.1. The number of halogens is 2. The van der Waals surface area contributed by atoms with E-state index < -0.39 is 17.2 Å².